The van der Waals surface area contributed by atoms with E-state index in [1.807, 2.05) is 0 Å². The van der Waals surface area contributed by atoms with E-state index < -0.39 is 0 Å². The van der Waals surface area contributed by atoms with Crippen LogP contribution in [0, 0.1) is 0 Å². The van der Waals surface area contributed by atoms with Gasteiger partial charge in [-0.1, -0.05) is 344 Å². The van der Waals surface area contributed by atoms with Crippen LogP contribution in [0.1, 0.15) is 105 Å². The Bertz CT molecular complexity index is 5530. The lowest BCUT2D eigenvalue weighted by molar-refractivity contribution is 0.591. The van der Waals surface area contributed by atoms with Gasteiger partial charge in [0, 0.05) is 0 Å². The smallest absolute Gasteiger partial charge is 0.00266 e. The molecule has 0 amide bonds. The third kappa shape index (κ3) is 10.6. The van der Waals surface area contributed by atoms with Gasteiger partial charge in [-0.3, -0.25) is 0 Å². The Morgan fingerprint density at radius 2 is 0.367 bits per heavy atom. The molecule has 17 rings (SSSR count). The van der Waals surface area contributed by atoms with Gasteiger partial charge in [0.05, 0.1) is 0 Å². The average molecular weight is 1160 g/mol. The first kappa shape index (κ1) is 58.1. The molecule has 0 bridgehead atoms. The molecule has 17 aromatic carbocycles. The van der Waals surface area contributed by atoms with Crippen molar-refractivity contribution in [3.05, 3.63) is 289 Å². The Morgan fingerprint density at radius 3 is 0.767 bits per heavy atom. The second-order valence-electron chi connectivity index (χ2n) is 29.3. The second-order valence-corrected chi connectivity index (χ2v) is 29.3. The van der Waals surface area contributed by atoms with Crippen molar-refractivity contribution in [1.82, 2.24) is 0 Å². The highest BCUT2D eigenvalue weighted by Crippen LogP contribution is 2.41. The SMILES string of the molecule is CC(C)(C)c1cc2ccc3cccc4ccc(c1)c2c34.CC(C)(C)c1ccc2c(ccc3c2ccc2c4ccccc4ccc23)c1.CC(C)(C)c1ccc2c(ccc3c4ccccc4ccc23)c1.CC(C)(C)c1ccc2c3ccccc3c3ccccc3c2c1. The van der Waals surface area contributed by atoms with Crippen molar-refractivity contribution >= 4 is 140 Å². The lowest BCUT2D eigenvalue weighted by Gasteiger charge is -2.21. The van der Waals surface area contributed by atoms with Crippen molar-refractivity contribution in [3.63, 3.8) is 0 Å². The zero-order valence-corrected chi connectivity index (χ0v) is 54.4. The van der Waals surface area contributed by atoms with Crippen LogP contribution in [0.25, 0.3) is 140 Å². The lowest BCUT2D eigenvalue weighted by atomic mass is 9.83. The molecule has 0 saturated heterocycles. The fraction of sp³-hybridized carbons (Fsp3) is 0.178. The van der Waals surface area contributed by atoms with E-state index in [1.165, 1.54) is 162 Å². The van der Waals surface area contributed by atoms with Gasteiger partial charge in [0.25, 0.3) is 0 Å². The minimum atomic E-state index is 0.168. The summed E-state index contributed by atoms with van der Waals surface area (Å²) in [6, 6.07) is 98.5. The number of hydrogen-bond donors (Lipinski definition) is 0. The molecule has 0 radical (unpaired) electrons. The van der Waals surface area contributed by atoms with Crippen LogP contribution in [-0.2, 0) is 21.7 Å². The van der Waals surface area contributed by atoms with Gasteiger partial charge in [0.15, 0.2) is 0 Å². The van der Waals surface area contributed by atoms with Crippen LogP contribution in [0.4, 0.5) is 0 Å². The van der Waals surface area contributed by atoms with Crippen LogP contribution >= 0.6 is 0 Å². The van der Waals surface area contributed by atoms with Gasteiger partial charge >= 0.3 is 0 Å². The molecule has 0 heteroatoms. The predicted octanol–water partition coefficient (Wildman–Crippen LogP) is 26.4. The zero-order chi connectivity index (χ0) is 62.4. The normalized spacial score (nSPS) is 12.4. The Kier molecular flexibility index (Phi) is 14.3. The Labute approximate surface area is 530 Å². The number of fused-ring (bicyclic) bond motifs is 18. The van der Waals surface area contributed by atoms with E-state index in [-0.39, 0.29) is 21.7 Å². The molecule has 17 aromatic rings. The monoisotopic (exact) mass is 1160 g/mol. The Balaban J connectivity index is 0.000000105. The molecule has 0 aliphatic carbocycles. The number of rotatable bonds is 0. The largest absolute Gasteiger partial charge is 0.0616 e. The number of hydrogen-bond acceptors (Lipinski definition) is 0. The molecular formula is C90H80. The van der Waals surface area contributed by atoms with Crippen LogP contribution < -0.4 is 0 Å². The third-order valence-electron chi connectivity index (χ3n) is 19.2. The highest BCUT2D eigenvalue weighted by molar-refractivity contribution is 6.27. The van der Waals surface area contributed by atoms with Crippen molar-refractivity contribution in [1.29, 1.82) is 0 Å². The molecule has 0 aromatic heterocycles. The molecule has 0 spiro atoms. The fourth-order valence-corrected chi connectivity index (χ4v) is 14.0. The van der Waals surface area contributed by atoms with E-state index in [2.05, 4.69) is 350 Å². The van der Waals surface area contributed by atoms with E-state index in [0.29, 0.717) is 0 Å². The minimum Gasteiger partial charge on any atom is -0.0616 e. The van der Waals surface area contributed by atoms with Crippen molar-refractivity contribution < 1.29 is 0 Å². The highest BCUT2D eigenvalue weighted by atomic mass is 14.2. The maximum Gasteiger partial charge on any atom is -0.00266 e. The summed E-state index contributed by atoms with van der Waals surface area (Å²) in [5, 5.41) is 34.9. The zero-order valence-electron chi connectivity index (χ0n) is 54.4. The van der Waals surface area contributed by atoms with Crippen LogP contribution in [-0.4, -0.2) is 0 Å². The van der Waals surface area contributed by atoms with Gasteiger partial charge < -0.3 is 0 Å². The third-order valence-corrected chi connectivity index (χ3v) is 19.2. The standard InChI is InChI=1S/C26H22.2C22H20.C20H18/c1-26(2,3)19-10-13-21-18(16-19)9-12-25-23(21)15-14-22-20-7-5-4-6-17(20)8-11-24(22)25;1-22(2,3)15-12-13-20-18-10-5-4-8-16(18)17-9-6-7-11-19(17)21(20)14-15;1-22(2,3)17-10-13-19-16(14-17)9-12-20-18-7-5-4-6-15(18)8-11-21(19)20;1-20(2,3)17-11-15-9-7-13-5-4-6-14-8-10-16(12-17)19(15)18(13)14/h4-16H,1-3H3;2*4-14H,1-3H3;4-12H,1-3H3. The van der Waals surface area contributed by atoms with E-state index in [4.69, 9.17) is 0 Å². The number of benzene rings is 17. The lowest BCUT2D eigenvalue weighted by Crippen LogP contribution is -2.10. The van der Waals surface area contributed by atoms with E-state index in [9.17, 15) is 0 Å². The fourth-order valence-electron chi connectivity index (χ4n) is 14.0. The Hall–Kier alpha value is -9.62. The van der Waals surface area contributed by atoms with Gasteiger partial charge in [-0.15, -0.1) is 0 Å². The molecule has 0 aliphatic heterocycles. The maximum atomic E-state index is 2.38. The first-order valence-electron chi connectivity index (χ1n) is 32.3. The first-order chi connectivity index (χ1) is 43.2. The van der Waals surface area contributed by atoms with Gasteiger partial charge in [0.1, 0.15) is 0 Å². The van der Waals surface area contributed by atoms with Crippen molar-refractivity contribution in [2.24, 2.45) is 0 Å². The van der Waals surface area contributed by atoms with Crippen molar-refractivity contribution in [2.45, 2.75) is 105 Å². The summed E-state index contributed by atoms with van der Waals surface area (Å²) in [6.45, 7) is 27.3. The quantitative estimate of drug-likeness (QED) is 0.133. The van der Waals surface area contributed by atoms with Gasteiger partial charge in [-0.25, -0.2) is 0 Å². The average Bonchev–Trinajstić information content (AvgIpc) is 0.775. The summed E-state index contributed by atoms with van der Waals surface area (Å²) in [7, 11) is 0. The predicted molar refractivity (Wildman–Crippen MR) is 399 cm³/mol. The molecule has 0 fully saturated rings. The van der Waals surface area contributed by atoms with Crippen LogP contribution in [0.3, 0.4) is 0 Å². The minimum absolute atomic E-state index is 0.168. The van der Waals surface area contributed by atoms with E-state index in [0.717, 1.165) is 0 Å². The summed E-state index contributed by atoms with van der Waals surface area (Å²) >= 11 is 0. The summed E-state index contributed by atoms with van der Waals surface area (Å²) in [4.78, 5) is 0. The van der Waals surface area contributed by atoms with Gasteiger partial charge in [-0.2, -0.15) is 0 Å². The van der Waals surface area contributed by atoms with Crippen molar-refractivity contribution in [3.8, 4) is 0 Å². The topological polar surface area (TPSA) is 0 Å². The van der Waals surface area contributed by atoms with E-state index >= 15 is 0 Å². The molecule has 0 nitrogen and oxygen atoms in total. The summed E-state index contributed by atoms with van der Waals surface area (Å²) in [5.41, 5.74) is 6.28. The van der Waals surface area contributed by atoms with Crippen LogP contribution in [0.15, 0.2) is 267 Å². The maximum absolute atomic E-state index is 2.38. The van der Waals surface area contributed by atoms with Crippen molar-refractivity contribution in [2.75, 3.05) is 0 Å². The molecule has 0 N–H and O–H groups in total. The summed E-state index contributed by atoms with van der Waals surface area (Å²) < 4.78 is 0. The van der Waals surface area contributed by atoms with Gasteiger partial charge in [-0.05, 0) is 190 Å². The summed E-state index contributed by atoms with van der Waals surface area (Å²) in [6.07, 6.45) is 0. The molecule has 0 heterocycles. The molecule has 0 saturated carbocycles. The van der Waals surface area contributed by atoms with Gasteiger partial charge in [0.2, 0.25) is 0 Å². The van der Waals surface area contributed by atoms with Crippen LogP contribution in [0.2, 0.25) is 0 Å². The molecular weight excluding hydrogens is 1080 g/mol. The molecule has 0 atom stereocenters. The summed E-state index contributed by atoms with van der Waals surface area (Å²) in [5.74, 6) is 0. The second kappa shape index (κ2) is 22.1. The Morgan fingerprint density at radius 1 is 0.144 bits per heavy atom. The molecule has 440 valence electrons. The highest BCUT2D eigenvalue weighted by Gasteiger charge is 2.20. The first-order valence-corrected chi connectivity index (χ1v) is 32.3. The molecule has 0 unspecified atom stereocenters. The van der Waals surface area contributed by atoms with E-state index in [1.54, 1.807) is 0 Å². The molecule has 90 heavy (non-hydrogen) atoms. The van der Waals surface area contributed by atoms with Crippen LogP contribution in [0.5, 0.6) is 0 Å². The molecule has 0 aliphatic rings.